The van der Waals surface area contributed by atoms with E-state index in [1.54, 1.807) is 0 Å². The summed E-state index contributed by atoms with van der Waals surface area (Å²) in [7, 11) is 4.64. The van der Waals surface area contributed by atoms with Crippen LogP contribution in [0.4, 0.5) is 0 Å². The molecule has 24 heavy (non-hydrogen) atoms. The van der Waals surface area contributed by atoms with Gasteiger partial charge in [0.25, 0.3) is 0 Å². The molecule has 0 N–H and O–H groups in total. The van der Waals surface area contributed by atoms with Crippen molar-refractivity contribution in [2.45, 2.75) is 26.4 Å². The highest BCUT2D eigenvalue weighted by Gasteiger charge is 2.19. The Bertz CT molecular complexity index is 681. The minimum Gasteiger partial charge on any atom is -0.488 e. The largest absolute Gasteiger partial charge is 0.488 e. The summed E-state index contributed by atoms with van der Waals surface area (Å²) in [4.78, 5) is 0. The van der Waals surface area contributed by atoms with Crippen LogP contribution in [0.2, 0.25) is 0 Å². The normalized spacial score (nSPS) is 15.4. The molecule has 0 aromatic heterocycles. The highest BCUT2D eigenvalue weighted by atomic mass is 16.5. The second-order valence-corrected chi connectivity index (χ2v) is 7.23. The second-order valence-electron chi connectivity index (χ2n) is 7.23. The molecule has 0 atom stereocenters. The Morgan fingerprint density at radius 1 is 0.958 bits per heavy atom. The number of hydrogen-bond acceptors (Lipinski definition) is 1. The van der Waals surface area contributed by atoms with Crippen molar-refractivity contribution in [3.05, 3.63) is 71.3 Å². The van der Waals surface area contributed by atoms with Crippen LogP contribution in [0.3, 0.4) is 0 Å². The molecule has 0 unspecified atom stereocenters. The number of fused-ring (bicyclic) bond motifs is 2. The van der Waals surface area contributed by atoms with Crippen LogP contribution < -0.4 is 4.74 Å². The van der Waals surface area contributed by atoms with Gasteiger partial charge in [-0.2, -0.15) is 0 Å². The molecule has 1 aliphatic rings. The van der Waals surface area contributed by atoms with Gasteiger partial charge in [-0.1, -0.05) is 55.5 Å². The van der Waals surface area contributed by atoms with E-state index >= 15 is 0 Å². The van der Waals surface area contributed by atoms with Gasteiger partial charge in [0.15, 0.2) is 0 Å². The summed E-state index contributed by atoms with van der Waals surface area (Å²) in [5.74, 6) is 0.988. The molecule has 0 aliphatic carbocycles. The van der Waals surface area contributed by atoms with Gasteiger partial charge in [-0.15, -0.1) is 0 Å². The zero-order valence-electron chi connectivity index (χ0n) is 15.1. The maximum atomic E-state index is 6.05. The number of hydrogen-bond donors (Lipinski definition) is 0. The molecular weight excluding hydrogens is 294 g/mol. The number of para-hydroxylation sites is 1. The fourth-order valence-electron chi connectivity index (χ4n) is 3.52. The van der Waals surface area contributed by atoms with Crippen LogP contribution in [0.25, 0.3) is 5.57 Å². The van der Waals surface area contributed by atoms with E-state index in [9.17, 15) is 0 Å². The van der Waals surface area contributed by atoms with Crippen molar-refractivity contribution in [2.24, 2.45) is 0 Å². The van der Waals surface area contributed by atoms with Crippen molar-refractivity contribution >= 4 is 5.57 Å². The van der Waals surface area contributed by atoms with Gasteiger partial charge in [-0.05, 0) is 29.2 Å². The van der Waals surface area contributed by atoms with Gasteiger partial charge in [0.05, 0.1) is 27.2 Å². The molecule has 0 saturated carbocycles. The van der Waals surface area contributed by atoms with Gasteiger partial charge in [0.2, 0.25) is 0 Å². The van der Waals surface area contributed by atoms with Crippen LogP contribution in [0.15, 0.2) is 54.6 Å². The summed E-state index contributed by atoms with van der Waals surface area (Å²) in [6, 6.07) is 17.0. The molecule has 0 amide bonds. The second kappa shape index (κ2) is 7.23. The Kier molecular flexibility index (Phi) is 5.06. The Morgan fingerprint density at radius 2 is 1.67 bits per heavy atom. The Hall–Kier alpha value is -2.06. The van der Waals surface area contributed by atoms with Crippen molar-refractivity contribution in [1.82, 2.24) is 0 Å². The van der Waals surface area contributed by atoms with Crippen molar-refractivity contribution in [3.63, 3.8) is 0 Å². The van der Waals surface area contributed by atoms with Crippen LogP contribution in [0.5, 0.6) is 5.75 Å². The molecule has 1 aliphatic heterocycles. The lowest BCUT2D eigenvalue weighted by Crippen LogP contribution is -2.40. The quantitative estimate of drug-likeness (QED) is 0.712. The topological polar surface area (TPSA) is 9.23 Å². The Labute approximate surface area is 146 Å². The van der Waals surface area contributed by atoms with Gasteiger partial charge >= 0.3 is 0 Å². The minimum atomic E-state index is 0.641. The lowest BCUT2D eigenvalue weighted by Gasteiger charge is -2.29. The average molecular weight is 322 g/mol. The summed E-state index contributed by atoms with van der Waals surface area (Å²) < 4.78 is 7.12. The third-order valence-electron chi connectivity index (χ3n) is 4.78. The van der Waals surface area contributed by atoms with Gasteiger partial charge in [0.1, 0.15) is 12.4 Å². The smallest absolute Gasteiger partial charge is 0.127 e. The predicted molar refractivity (Wildman–Crippen MR) is 101 cm³/mol. The zero-order chi connectivity index (χ0) is 17.0. The summed E-state index contributed by atoms with van der Waals surface area (Å²) in [6.07, 6.45) is 4.70. The van der Waals surface area contributed by atoms with Gasteiger partial charge in [-0.25, -0.2) is 0 Å². The minimum absolute atomic E-state index is 0.641. The SMILES string of the molecule is CCC[N+](C)(C)CC/C=C1\c2ccccc2COc2ccccc21. The summed E-state index contributed by atoms with van der Waals surface area (Å²) in [5, 5.41) is 0. The lowest BCUT2D eigenvalue weighted by atomic mass is 9.93. The Balaban J connectivity index is 1.95. The van der Waals surface area contributed by atoms with Crippen LogP contribution in [-0.2, 0) is 6.61 Å². The number of nitrogens with zero attached hydrogens (tertiary/aromatic N) is 1. The molecule has 2 heteroatoms. The fourth-order valence-corrected chi connectivity index (χ4v) is 3.52. The standard InChI is InChI=1S/C22H28NO/c1-4-15-23(2,3)16-9-13-20-19-11-6-5-10-18(19)17-24-22-14-8-7-12-21(20)22/h5-8,10-14H,4,9,15-17H2,1-3H3/q+1/b20-13+. The number of rotatable bonds is 5. The third-order valence-corrected chi connectivity index (χ3v) is 4.78. The van der Waals surface area contributed by atoms with Gasteiger partial charge in [0, 0.05) is 12.0 Å². The fraction of sp³-hybridized carbons (Fsp3) is 0.364. The monoisotopic (exact) mass is 322 g/mol. The molecule has 0 spiro atoms. The number of ether oxygens (including phenoxy) is 1. The van der Waals surface area contributed by atoms with Crippen molar-refractivity contribution in [3.8, 4) is 5.75 Å². The van der Waals surface area contributed by atoms with Gasteiger partial charge < -0.3 is 9.22 Å². The highest BCUT2D eigenvalue weighted by Crippen LogP contribution is 2.36. The van der Waals surface area contributed by atoms with E-state index in [-0.39, 0.29) is 0 Å². The highest BCUT2D eigenvalue weighted by molar-refractivity contribution is 5.84. The zero-order valence-corrected chi connectivity index (χ0v) is 15.1. The van der Waals surface area contributed by atoms with E-state index in [0.29, 0.717) is 6.61 Å². The molecule has 3 rings (SSSR count). The molecule has 0 saturated heterocycles. The maximum Gasteiger partial charge on any atom is 0.127 e. The van der Waals surface area contributed by atoms with E-state index in [0.717, 1.165) is 23.2 Å². The van der Waals surface area contributed by atoms with E-state index in [2.05, 4.69) is 69.6 Å². The molecule has 2 aromatic carbocycles. The van der Waals surface area contributed by atoms with E-state index in [4.69, 9.17) is 4.74 Å². The van der Waals surface area contributed by atoms with Gasteiger partial charge in [-0.3, -0.25) is 0 Å². The van der Waals surface area contributed by atoms with Crippen LogP contribution in [0.1, 0.15) is 36.5 Å². The molecule has 0 radical (unpaired) electrons. The molecule has 2 aromatic rings. The summed E-state index contributed by atoms with van der Waals surface area (Å²) in [6.45, 7) is 5.28. The summed E-state index contributed by atoms with van der Waals surface area (Å²) >= 11 is 0. The number of quaternary nitrogens is 1. The molecular formula is C22H28NO+. The molecule has 0 fully saturated rings. The number of benzene rings is 2. The molecule has 0 bridgehead atoms. The van der Waals surface area contributed by atoms with Crippen LogP contribution in [-0.4, -0.2) is 31.7 Å². The van der Waals surface area contributed by atoms with Crippen molar-refractivity contribution < 1.29 is 9.22 Å². The molecule has 2 nitrogen and oxygen atoms in total. The van der Waals surface area contributed by atoms with Crippen LogP contribution >= 0.6 is 0 Å². The first-order valence-electron chi connectivity index (χ1n) is 8.93. The average Bonchev–Trinajstić information content (AvgIpc) is 2.73. The van der Waals surface area contributed by atoms with Crippen molar-refractivity contribution in [2.75, 3.05) is 27.2 Å². The Morgan fingerprint density at radius 3 is 2.46 bits per heavy atom. The first kappa shape index (κ1) is 16.8. The van der Waals surface area contributed by atoms with E-state index in [1.165, 1.54) is 35.2 Å². The van der Waals surface area contributed by atoms with Crippen LogP contribution in [0, 0.1) is 0 Å². The third kappa shape index (κ3) is 3.70. The molecule has 126 valence electrons. The summed E-state index contributed by atoms with van der Waals surface area (Å²) in [5.41, 5.74) is 5.10. The van der Waals surface area contributed by atoms with E-state index < -0.39 is 0 Å². The first-order chi connectivity index (χ1) is 11.6. The predicted octanol–water partition coefficient (Wildman–Crippen LogP) is 4.89. The molecule has 1 heterocycles. The van der Waals surface area contributed by atoms with E-state index in [1.807, 2.05) is 6.07 Å². The van der Waals surface area contributed by atoms with Crippen molar-refractivity contribution in [1.29, 1.82) is 0 Å². The lowest BCUT2D eigenvalue weighted by molar-refractivity contribution is -0.889. The first-order valence-corrected chi connectivity index (χ1v) is 8.93. The maximum absolute atomic E-state index is 6.05.